The Morgan fingerprint density at radius 1 is 1.67 bits per heavy atom. The summed E-state index contributed by atoms with van der Waals surface area (Å²) >= 11 is 5.89. The molecule has 0 bridgehead atoms. The van der Waals surface area contributed by atoms with Gasteiger partial charge >= 0.3 is 0 Å². The van der Waals surface area contributed by atoms with Crippen molar-refractivity contribution in [2.24, 2.45) is 5.41 Å². The van der Waals surface area contributed by atoms with Crippen LogP contribution in [0, 0.1) is 5.41 Å². The molecule has 1 aliphatic rings. The van der Waals surface area contributed by atoms with Gasteiger partial charge in [-0.1, -0.05) is 30.6 Å². The minimum Gasteiger partial charge on any atom is -0.380 e. The van der Waals surface area contributed by atoms with Gasteiger partial charge in [-0.15, -0.1) is 0 Å². The number of hydrogen-bond acceptors (Lipinski definition) is 3. The number of aromatic nitrogens is 1. The van der Waals surface area contributed by atoms with Gasteiger partial charge in [-0.3, -0.25) is 0 Å². The van der Waals surface area contributed by atoms with E-state index in [1.54, 1.807) is 0 Å². The maximum absolute atomic E-state index is 5.89. The van der Waals surface area contributed by atoms with E-state index in [4.69, 9.17) is 21.9 Å². The number of anilines is 1. The third-order valence-corrected chi connectivity index (χ3v) is 2.89. The zero-order chi connectivity index (χ0) is 8.93. The van der Waals surface area contributed by atoms with Crippen LogP contribution >= 0.6 is 11.6 Å². The lowest BCUT2D eigenvalue weighted by Crippen LogP contribution is -1.89. The van der Waals surface area contributed by atoms with Gasteiger partial charge in [0.05, 0.1) is 0 Å². The first kappa shape index (κ1) is 7.92. The summed E-state index contributed by atoms with van der Waals surface area (Å²) in [5.41, 5.74) is 5.76. The Balaban J connectivity index is 2.31. The zero-order valence-electron chi connectivity index (χ0n) is 7.10. The summed E-state index contributed by atoms with van der Waals surface area (Å²) in [5, 5.41) is 4.11. The molecule has 1 unspecified atom stereocenters. The topological polar surface area (TPSA) is 52.0 Å². The highest BCUT2D eigenvalue weighted by Crippen LogP contribution is 2.60. The first-order valence-corrected chi connectivity index (χ1v) is 4.31. The van der Waals surface area contributed by atoms with Crippen molar-refractivity contribution in [3.63, 3.8) is 0 Å². The lowest BCUT2D eigenvalue weighted by molar-refractivity contribution is 0.376. The fourth-order valence-electron chi connectivity index (χ4n) is 1.44. The molecule has 1 atom stereocenters. The normalized spacial score (nSPS) is 25.8. The third kappa shape index (κ3) is 1.00. The SMILES string of the molecule is CC1(C)CC1c1onc(N)c1Cl. The van der Waals surface area contributed by atoms with Gasteiger partial charge in [0, 0.05) is 5.92 Å². The molecule has 0 saturated heterocycles. The van der Waals surface area contributed by atoms with E-state index in [0.717, 1.165) is 12.2 Å². The van der Waals surface area contributed by atoms with Gasteiger partial charge in [0.1, 0.15) is 5.02 Å². The molecule has 2 N–H and O–H groups in total. The van der Waals surface area contributed by atoms with Crippen molar-refractivity contribution < 1.29 is 4.52 Å². The van der Waals surface area contributed by atoms with Crippen LogP contribution in [0.3, 0.4) is 0 Å². The van der Waals surface area contributed by atoms with Gasteiger partial charge in [0.2, 0.25) is 0 Å². The molecule has 0 aromatic carbocycles. The minimum absolute atomic E-state index is 0.300. The van der Waals surface area contributed by atoms with Gasteiger partial charge in [0.25, 0.3) is 0 Å². The molecule has 0 spiro atoms. The maximum atomic E-state index is 5.89. The average molecular weight is 187 g/mol. The number of halogens is 1. The Bertz CT molecular complexity index is 319. The summed E-state index contributed by atoms with van der Waals surface area (Å²) in [5.74, 6) is 1.45. The van der Waals surface area contributed by atoms with Crippen molar-refractivity contribution in [2.45, 2.75) is 26.2 Å². The number of hydrogen-bond donors (Lipinski definition) is 1. The predicted molar refractivity (Wildman–Crippen MR) is 47.1 cm³/mol. The number of nitrogens with two attached hydrogens (primary N) is 1. The summed E-state index contributed by atoms with van der Waals surface area (Å²) < 4.78 is 5.05. The van der Waals surface area contributed by atoms with E-state index < -0.39 is 0 Å². The van der Waals surface area contributed by atoms with E-state index in [0.29, 0.717) is 22.2 Å². The Morgan fingerprint density at radius 2 is 2.25 bits per heavy atom. The van der Waals surface area contributed by atoms with Crippen molar-refractivity contribution in [2.75, 3.05) is 5.73 Å². The summed E-state index contributed by atoms with van der Waals surface area (Å²) in [6, 6.07) is 0. The van der Waals surface area contributed by atoms with Crippen LogP contribution in [0.1, 0.15) is 31.9 Å². The van der Waals surface area contributed by atoms with Crippen LogP contribution in [0.15, 0.2) is 4.52 Å². The Labute approximate surface area is 75.9 Å². The molecule has 0 radical (unpaired) electrons. The molecule has 1 heterocycles. The molecule has 1 saturated carbocycles. The van der Waals surface area contributed by atoms with Gasteiger partial charge in [-0.25, -0.2) is 0 Å². The van der Waals surface area contributed by atoms with Crippen LogP contribution in [0.4, 0.5) is 5.82 Å². The summed E-state index contributed by atoms with van der Waals surface area (Å²) in [4.78, 5) is 0. The van der Waals surface area contributed by atoms with Crippen molar-refractivity contribution in [1.82, 2.24) is 5.16 Å². The zero-order valence-corrected chi connectivity index (χ0v) is 7.85. The van der Waals surface area contributed by atoms with Gasteiger partial charge in [-0.05, 0) is 11.8 Å². The molecule has 1 aromatic heterocycles. The van der Waals surface area contributed by atoms with E-state index in [1.807, 2.05) is 0 Å². The quantitative estimate of drug-likeness (QED) is 0.733. The van der Waals surface area contributed by atoms with Crippen LogP contribution < -0.4 is 5.73 Å². The van der Waals surface area contributed by atoms with E-state index in [2.05, 4.69) is 19.0 Å². The Morgan fingerprint density at radius 3 is 2.58 bits per heavy atom. The lowest BCUT2D eigenvalue weighted by atomic mass is 10.1. The molecule has 0 aliphatic heterocycles. The first-order valence-electron chi connectivity index (χ1n) is 3.93. The molecule has 66 valence electrons. The van der Waals surface area contributed by atoms with Crippen LogP contribution in [-0.2, 0) is 0 Å². The highest BCUT2D eigenvalue weighted by atomic mass is 35.5. The number of rotatable bonds is 1. The molecule has 1 aromatic rings. The number of nitrogens with zero attached hydrogens (tertiary/aromatic N) is 1. The molecule has 1 aliphatic carbocycles. The Hall–Kier alpha value is -0.700. The van der Waals surface area contributed by atoms with Gasteiger partial charge in [0.15, 0.2) is 11.6 Å². The predicted octanol–water partition coefficient (Wildman–Crippen LogP) is 2.42. The summed E-state index contributed by atoms with van der Waals surface area (Å²) in [6.07, 6.45) is 1.10. The lowest BCUT2D eigenvalue weighted by Gasteiger charge is -1.97. The van der Waals surface area contributed by atoms with E-state index in [1.165, 1.54) is 0 Å². The number of nitrogen functional groups attached to an aromatic ring is 1. The van der Waals surface area contributed by atoms with Crippen LogP contribution in [-0.4, -0.2) is 5.16 Å². The molecular formula is C8H11ClN2O. The molecular weight excluding hydrogens is 176 g/mol. The van der Waals surface area contributed by atoms with Gasteiger partial charge in [-0.2, -0.15) is 0 Å². The van der Waals surface area contributed by atoms with Crippen molar-refractivity contribution in [1.29, 1.82) is 0 Å². The minimum atomic E-state index is 0.300. The fraction of sp³-hybridized carbons (Fsp3) is 0.625. The van der Waals surface area contributed by atoms with Gasteiger partial charge < -0.3 is 10.3 Å². The second kappa shape index (κ2) is 2.16. The standard InChI is InChI=1S/C8H11ClN2O/c1-8(2)3-4(8)6-5(9)7(10)11-12-6/h4H,3H2,1-2H3,(H2,10,11). The molecule has 12 heavy (non-hydrogen) atoms. The summed E-state index contributed by atoms with van der Waals surface area (Å²) in [7, 11) is 0. The second-order valence-corrected chi connectivity index (χ2v) is 4.37. The summed E-state index contributed by atoms with van der Waals surface area (Å²) in [6.45, 7) is 4.35. The third-order valence-electron chi connectivity index (χ3n) is 2.51. The molecule has 2 rings (SSSR count). The highest BCUT2D eigenvalue weighted by Gasteiger charge is 2.50. The Kier molecular flexibility index (Phi) is 1.43. The van der Waals surface area contributed by atoms with Crippen molar-refractivity contribution in [3.8, 4) is 0 Å². The van der Waals surface area contributed by atoms with E-state index in [-0.39, 0.29) is 0 Å². The fourth-order valence-corrected chi connectivity index (χ4v) is 1.64. The largest absolute Gasteiger partial charge is 0.380 e. The van der Waals surface area contributed by atoms with Crippen LogP contribution in [0.2, 0.25) is 5.02 Å². The first-order chi connectivity index (χ1) is 5.52. The highest BCUT2D eigenvalue weighted by molar-refractivity contribution is 6.33. The van der Waals surface area contributed by atoms with Crippen LogP contribution in [0.5, 0.6) is 0 Å². The molecule has 0 amide bonds. The molecule has 3 nitrogen and oxygen atoms in total. The van der Waals surface area contributed by atoms with E-state index >= 15 is 0 Å². The molecule has 4 heteroatoms. The average Bonchev–Trinajstić information content (AvgIpc) is 2.47. The smallest absolute Gasteiger partial charge is 0.186 e. The second-order valence-electron chi connectivity index (χ2n) is 3.99. The monoisotopic (exact) mass is 186 g/mol. The van der Waals surface area contributed by atoms with Crippen LogP contribution in [0.25, 0.3) is 0 Å². The maximum Gasteiger partial charge on any atom is 0.186 e. The molecule has 1 fully saturated rings. The van der Waals surface area contributed by atoms with Crippen molar-refractivity contribution >= 4 is 17.4 Å². The van der Waals surface area contributed by atoms with E-state index in [9.17, 15) is 0 Å². The van der Waals surface area contributed by atoms with Crippen molar-refractivity contribution in [3.05, 3.63) is 10.8 Å².